The van der Waals surface area contributed by atoms with Crippen molar-refractivity contribution in [2.24, 2.45) is 0 Å². The molecule has 30 heavy (non-hydrogen) atoms. The molecule has 3 heterocycles. The van der Waals surface area contributed by atoms with Crippen molar-refractivity contribution in [3.8, 4) is 0 Å². The molecular formula is C21H23N3O5S. The van der Waals surface area contributed by atoms with Crippen LogP contribution in [0.25, 0.3) is 11.0 Å². The van der Waals surface area contributed by atoms with E-state index in [4.69, 9.17) is 4.42 Å². The van der Waals surface area contributed by atoms with Crippen LogP contribution in [0.3, 0.4) is 0 Å². The number of hydrogen-bond acceptors (Lipinski definition) is 5. The fourth-order valence-corrected chi connectivity index (χ4v) is 5.13. The van der Waals surface area contributed by atoms with Crippen molar-refractivity contribution in [1.82, 2.24) is 14.2 Å². The Morgan fingerprint density at radius 1 is 1.17 bits per heavy atom. The normalized spacial score (nSPS) is 16.0. The van der Waals surface area contributed by atoms with Gasteiger partial charge in [-0.25, -0.2) is 8.42 Å². The Hall–Kier alpha value is -2.91. The van der Waals surface area contributed by atoms with Gasteiger partial charge in [0.15, 0.2) is 0 Å². The summed E-state index contributed by atoms with van der Waals surface area (Å²) in [5.41, 5.74) is 0.284. The second-order valence-corrected chi connectivity index (χ2v) is 9.36. The van der Waals surface area contributed by atoms with Crippen LogP contribution >= 0.6 is 0 Å². The van der Waals surface area contributed by atoms with Crippen molar-refractivity contribution >= 4 is 26.9 Å². The standard InChI is InChI=1S/C21H23N3O5S/c1-15(19-12-16-6-2-3-7-18(16)29-19)22-20(25)14-23-13-17(8-9-21(23)26)30(27,28)24-10-4-5-11-24/h2-3,6-9,12-13,15H,4-5,10-11,14H2,1H3,(H,22,25)/t15-/m0/s1. The van der Waals surface area contributed by atoms with E-state index in [-0.39, 0.29) is 11.4 Å². The molecule has 158 valence electrons. The summed E-state index contributed by atoms with van der Waals surface area (Å²) in [6.45, 7) is 2.44. The largest absolute Gasteiger partial charge is 0.459 e. The Balaban J connectivity index is 1.49. The first kappa shape index (κ1) is 20.4. The number of benzene rings is 1. The fraction of sp³-hybridized carbons (Fsp3) is 0.333. The minimum Gasteiger partial charge on any atom is -0.459 e. The van der Waals surface area contributed by atoms with Crippen LogP contribution in [0.15, 0.2) is 62.8 Å². The maximum atomic E-state index is 12.7. The molecule has 1 saturated heterocycles. The molecule has 8 nitrogen and oxygen atoms in total. The van der Waals surface area contributed by atoms with Gasteiger partial charge in [-0.1, -0.05) is 18.2 Å². The van der Waals surface area contributed by atoms with Gasteiger partial charge in [0.1, 0.15) is 17.9 Å². The minimum absolute atomic E-state index is 0.0159. The summed E-state index contributed by atoms with van der Waals surface area (Å²) >= 11 is 0. The molecule has 2 aromatic heterocycles. The summed E-state index contributed by atoms with van der Waals surface area (Å²) in [6.07, 6.45) is 2.88. The topological polar surface area (TPSA) is 102 Å². The Morgan fingerprint density at radius 3 is 2.63 bits per heavy atom. The summed E-state index contributed by atoms with van der Waals surface area (Å²) in [5, 5.41) is 3.73. The van der Waals surface area contributed by atoms with Gasteiger partial charge in [-0.3, -0.25) is 9.59 Å². The highest BCUT2D eigenvalue weighted by Gasteiger charge is 2.27. The van der Waals surface area contributed by atoms with Gasteiger partial charge in [0.25, 0.3) is 5.56 Å². The van der Waals surface area contributed by atoms with Gasteiger partial charge >= 0.3 is 0 Å². The number of aromatic nitrogens is 1. The fourth-order valence-electron chi connectivity index (χ4n) is 3.59. The lowest BCUT2D eigenvalue weighted by Gasteiger charge is -2.17. The Bertz CT molecular complexity index is 1210. The monoisotopic (exact) mass is 429 g/mol. The smallest absolute Gasteiger partial charge is 0.251 e. The number of fused-ring (bicyclic) bond motifs is 1. The maximum absolute atomic E-state index is 12.7. The van der Waals surface area contributed by atoms with E-state index in [2.05, 4.69) is 5.32 Å². The number of carbonyl (C=O) groups excluding carboxylic acids is 1. The number of para-hydroxylation sites is 1. The van der Waals surface area contributed by atoms with Crippen molar-refractivity contribution in [3.05, 3.63) is 64.8 Å². The van der Waals surface area contributed by atoms with Crippen molar-refractivity contribution in [3.63, 3.8) is 0 Å². The molecule has 0 bridgehead atoms. The van der Waals surface area contributed by atoms with E-state index in [1.165, 1.54) is 22.6 Å². The van der Waals surface area contributed by atoms with Crippen LogP contribution in [0.4, 0.5) is 0 Å². The molecule has 1 atom stereocenters. The number of pyridine rings is 1. The average Bonchev–Trinajstić information content (AvgIpc) is 3.39. The molecule has 0 aliphatic carbocycles. The highest BCUT2D eigenvalue weighted by atomic mass is 32.2. The molecule has 0 saturated carbocycles. The van der Waals surface area contributed by atoms with Crippen LogP contribution in [0, 0.1) is 0 Å². The Morgan fingerprint density at radius 2 is 1.90 bits per heavy atom. The predicted molar refractivity (Wildman–Crippen MR) is 111 cm³/mol. The highest BCUT2D eigenvalue weighted by molar-refractivity contribution is 7.89. The molecule has 1 amide bonds. The number of nitrogens with one attached hydrogen (secondary N) is 1. The summed E-state index contributed by atoms with van der Waals surface area (Å²) in [4.78, 5) is 24.7. The van der Waals surface area contributed by atoms with Crippen LogP contribution in [0.5, 0.6) is 0 Å². The molecule has 1 aliphatic rings. The average molecular weight is 429 g/mol. The van der Waals surface area contributed by atoms with Gasteiger partial charge in [0.2, 0.25) is 15.9 Å². The van der Waals surface area contributed by atoms with E-state index < -0.39 is 27.5 Å². The van der Waals surface area contributed by atoms with E-state index in [1.54, 1.807) is 6.92 Å². The first-order chi connectivity index (χ1) is 14.3. The second kappa shape index (κ2) is 8.08. The Labute approximate surface area is 174 Å². The zero-order chi connectivity index (χ0) is 21.3. The highest BCUT2D eigenvalue weighted by Crippen LogP contribution is 2.23. The summed E-state index contributed by atoms with van der Waals surface area (Å²) < 4.78 is 33.7. The first-order valence-corrected chi connectivity index (χ1v) is 11.3. The van der Waals surface area contributed by atoms with Crippen molar-refractivity contribution in [1.29, 1.82) is 0 Å². The van der Waals surface area contributed by atoms with Gasteiger partial charge in [0, 0.05) is 30.7 Å². The molecule has 3 aromatic rings. The van der Waals surface area contributed by atoms with Gasteiger partial charge in [-0.15, -0.1) is 0 Å². The third-order valence-corrected chi connectivity index (χ3v) is 7.10. The number of amides is 1. The summed E-state index contributed by atoms with van der Waals surface area (Å²) in [6, 6.07) is 11.5. The molecule has 1 aromatic carbocycles. The van der Waals surface area contributed by atoms with E-state index in [0.717, 1.165) is 28.4 Å². The molecule has 9 heteroatoms. The third kappa shape index (κ3) is 4.03. The molecule has 1 N–H and O–H groups in total. The van der Waals surface area contributed by atoms with E-state index >= 15 is 0 Å². The zero-order valence-electron chi connectivity index (χ0n) is 16.6. The Kier molecular flexibility index (Phi) is 5.48. The van der Waals surface area contributed by atoms with Gasteiger partial charge < -0.3 is 14.3 Å². The molecule has 1 aliphatic heterocycles. The van der Waals surface area contributed by atoms with Crippen molar-refractivity contribution < 1.29 is 17.6 Å². The number of furan rings is 1. The van der Waals surface area contributed by atoms with E-state index in [1.807, 2.05) is 30.3 Å². The lowest BCUT2D eigenvalue weighted by molar-refractivity contribution is -0.122. The molecule has 4 rings (SSSR count). The van der Waals surface area contributed by atoms with Crippen LogP contribution < -0.4 is 10.9 Å². The SMILES string of the molecule is C[C@H](NC(=O)Cn1cc(S(=O)(=O)N2CCCC2)ccc1=O)c1cc2ccccc2o1. The predicted octanol–water partition coefficient (Wildman–Crippen LogP) is 2.26. The number of rotatable bonds is 6. The van der Waals surface area contributed by atoms with E-state index in [9.17, 15) is 18.0 Å². The third-order valence-electron chi connectivity index (χ3n) is 5.22. The van der Waals surface area contributed by atoms with Crippen LogP contribution in [0.1, 0.15) is 31.6 Å². The molecule has 1 fully saturated rings. The number of sulfonamides is 1. The molecule has 0 unspecified atom stereocenters. The van der Waals surface area contributed by atoms with Gasteiger partial charge in [-0.2, -0.15) is 4.31 Å². The maximum Gasteiger partial charge on any atom is 0.251 e. The van der Waals surface area contributed by atoms with Crippen LogP contribution in [0.2, 0.25) is 0 Å². The quantitative estimate of drug-likeness (QED) is 0.648. The summed E-state index contributed by atoms with van der Waals surface area (Å²) in [5.74, 6) is 0.183. The number of hydrogen-bond donors (Lipinski definition) is 1. The number of carbonyl (C=O) groups is 1. The van der Waals surface area contributed by atoms with Gasteiger partial charge in [-0.05, 0) is 38.0 Å². The lowest BCUT2D eigenvalue weighted by Crippen LogP contribution is -2.34. The van der Waals surface area contributed by atoms with Crippen LogP contribution in [-0.2, 0) is 21.4 Å². The van der Waals surface area contributed by atoms with Gasteiger partial charge in [0.05, 0.1) is 10.9 Å². The molecule has 0 spiro atoms. The van der Waals surface area contributed by atoms with Crippen molar-refractivity contribution in [2.45, 2.75) is 37.2 Å². The number of nitrogens with zero attached hydrogens (tertiary/aromatic N) is 2. The second-order valence-electron chi connectivity index (χ2n) is 7.42. The lowest BCUT2D eigenvalue weighted by atomic mass is 10.2. The van der Waals surface area contributed by atoms with Crippen molar-refractivity contribution in [2.75, 3.05) is 13.1 Å². The molecule has 0 radical (unpaired) electrons. The minimum atomic E-state index is -3.67. The summed E-state index contributed by atoms with van der Waals surface area (Å²) in [7, 11) is -3.67. The molecular weight excluding hydrogens is 406 g/mol. The van der Waals surface area contributed by atoms with E-state index in [0.29, 0.717) is 18.8 Å². The van der Waals surface area contributed by atoms with Crippen LogP contribution in [-0.4, -0.2) is 36.3 Å². The first-order valence-electron chi connectivity index (χ1n) is 9.83. The zero-order valence-corrected chi connectivity index (χ0v) is 17.4.